The van der Waals surface area contributed by atoms with E-state index in [0.29, 0.717) is 11.4 Å². The van der Waals surface area contributed by atoms with Crippen LogP contribution in [0.5, 0.6) is 0 Å². The van der Waals surface area contributed by atoms with Gasteiger partial charge in [0.25, 0.3) is 0 Å². The molecule has 0 aliphatic carbocycles. The van der Waals surface area contributed by atoms with Crippen LogP contribution in [0.4, 0.5) is 5.69 Å². The summed E-state index contributed by atoms with van der Waals surface area (Å²) in [5, 5.41) is 13.5. The third-order valence-electron chi connectivity index (χ3n) is 3.19. The van der Waals surface area contributed by atoms with Crippen molar-refractivity contribution in [2.75, 3.05) is 5.32 Å². The molecule has 3 nitrogen and oxygen atoms in total. The highest BCUT2D eigenvalue weighted by Gasteiger charge is 2.30. The fourth-order valence-corrected chi connectivity index (χ4v) is 2.44. The Morgan fingerprint density at radius 3 is 2.88 bits per heavy atom. The third kappa shape index (κ3) is 2.17. The molecule has 0 saturated heterocycles. The van der Waals surface area contributed by atoms with Crippen molar-refractivity contribution in [1.82, 2.24) is 0 Å². The quantitative estimate of drug-likeness (QED) is 0.869. The second kappa shape index (κ2) is 4.67. The van der Waals surface area contributed by atoms with E-state index in [0.717, 1.165) is 23.2 Å². The number of aliphatic hydroxyl groups excluding tert-OH is 1. The Bertz CT molecular complexity index is 459. The highest BCUT2D eigenvalue weighted by molar-refractivity contribution is 6.31. The Morgan fingerprint density at radius 2 is 2.24 bits per heavy atom. The smallest absolute Gasteiger partial charge is 0.231 e. The number of carbonyl (C=O) groups is 1. The van der Waals surface area contributed by atoms with Gasteiger partial charge in [0.15, 0.2) is 0 Å². The number of fused-ring (bicyclic) bond motifs is 1. The Kier molecular flexibility index (Phi) is 3.40. The molecule has 1 aromatic carbocycles. The summed E-state index contributed by atoms with van der Waals surface area (Å²) in [6.07, 6.45) is 0.973. The lowest BCUT2D eigenvalue weighted by Crippen LogP contribution is -2.09. The molecule has 0 spiro atoms. The zero-order chi connectivity index (χ0) is 12.6. The van der Waals surface area contributed by atoms with Crippen LogP contribution in [0.2, 0.25) is 5.02 Å². The minimum atomic E-state index is -0.571. The molecule has 0 fully saturated rings. The van der Waals surface area contributed by atoms with Crippen LogP contribution in [0.15, 0.2) is 12.1 Å². The van der Waals surface area contributed by atoms with Crippen LogP contribution >= 0.6 is 11.6 Å². The van der Waals surface area contributed by atoms with E-state index in [1.54, 1.807) is 12.1 Å². The number of rotatable bonds is 3. The van der Waals surface area contributed by atoms with E-state index in [-0.39, 0.29) is 11.8 Å². The molecule has 0 radical (unpaired) electrons. The Labute approximate surface area is 106 Å². The van der Waals surface area contributed by atoms with E-state index in [4.69, 9.17) is 11.6 Å². The van der Waals surface area contributed by atoms with Crippen LogP contribution in [-0.4, -0.2) is 11.0 Å². The summed E-state index contributed by atoms with van der Waals surface area (Å²) in [5.74, 6) is -0.233. The minimum absolute atomic E-state index is 0.0350. The van der Waals surface area contributed by atoms with Gasteiger partial charge in [-0.1, -0.05) is 24.9 Å². The van der Waals surface area contributed by atoms with E-state index in [9.17, 15) is 9.90 Å². The molecule has 1 amide bonds. The van der Waals surface area contributed by atoms with Gasteiger partial charge in [-0.15, -0.1) is 0 Å². The fourth-order valence-electron chi connectivity index (χ4n) is 2.20. The van der Waals surface area contributed by atoms with Crippen molar-refractivity contribution < 1.29 is 9.90 Å². The maximum Gasteiger partial charge on any atom is 0.231 e. The highest BCUT2D eigenvalue weighted by Crippen LogP contribution is 2.40. The predicted octanol–water partition coefficient (Wildman–Crippen LogP) is 3.23. The standard InChI is InChI=1S/C13H16ClNO2/c1-3-4-11(16)10-6-8(14)5-9-7(2)13(17)15-12(9)10/h5-7,11,16H,3-4H2,1-2H3,(H,15,17). The van der Waals surface area contributed by atoms with E-state index in [1.165, 1.54) is 0 Å². The molecule has 0 bridgehead atoms. The summed E-state index contributed by atoms with van der Waals surface area (Å²) in [5.41, 5.74) is 2.35. The van der Waals surface area contributed by atoms with Crippen molar-refractivity contribution in [2.45, 2.75) is 38.7 Å². The maximum atomic E-state index is 11.6. The molecule has 92 valence electrons. The number of amides is 1. The summed E-state index contributed by atoms with van der Waals surface area (Å²) in [4.78, 5) is 11.6. The first-order valence-corrected chi connectivity index (χ1v) is 6.24. The molecule has 1 aliphatic heterocycles. The number of benzene rings is 1. The molecule has 0 saturated carbocycles. The van der Waals surface area contributed by atoms with Crippen molar-refractivity contribution in [3.8, 4) is 0 Å². The molecule has 0 aromatic heterocycles. The van der Waals surface area contributed by atoms with Gasteiger partial charge in [-0.3, -0.25) is 4.79 Å². The third-order valence-corrected chi connectivity index (χ3v) is 3.41. The summed E-state index contributed by atoms with van der Waals surface area (Å²) in [6.45, 7) is 3.85. The van der Waals surface area contributed by atoms with Crippen LogP contribution in [0.1, 0.15) is 49.8 Å². The van der Waals surface area contributed by atoms with Crippen molar-refractivity contribution in [2.24, 2.45) is 0 Å². The average molecular weight is 254 g/mol. The molecular weight excluding hydrogens is 238 g/mol. The number of aliphatic hydroxyl groups is 1. The molecule has 1 aromatic rings. The molecule has 4 heteroatoms. The first-order chi connectivity index (χ1) is 8.04. The maximum absolute atomic E-state index is 11.6. The Balaban J connectivity index is 2.48. The van der Waals surface area contributed by atoms with Gasteiger partial charge in [0.2, 0.25) is 5.91 Å². The van der Waals surface area contributed by atoms with Crippen LogP contribution < -0.4 is 5.32 Å². The van der Waals surface area contributed by atoms with Gasteiger partial charge in [0.05, 0.1) is 17.7 Å². The monoisotopic (exact) mass is 253 g/mol. The van der Waals surface area contributed by atoms with Crippen molar-refractivity contribution in [3.05, 3.63) is 28.3 Å². The van der Waals surface area contributed by atoms with Crippen LogP contribution in [0.25, 0.3) is 0 Å². The average Bonchev–Trinajstić information content (AvgIpc) is 2.55. The second-order valence-corrected chi connectivity index (χ2v) is 4.91. The molecule has 1 heterocycles. The largest absolute Gasteiger partial charge is 0.388 e. The van der Waals surface area contributed by atoms with Crippen molar-refractivity contribution in [1.29, 1.82) is 0 Å². The number of hydrogen-bond donors (Lipinski definition) is 2. The van der Waals surface area contributed by atoms with Crippen LogP contribution in [-0.2, 0) is 4.79 Å². The SMILES string of the molecule is CCCC(O)c1cc(Cl)cc2c1NC(=O)C2C. The van der Waals surface area contributed by atoms with Gasteiger partial charge >= 0.3 is 0 Å². The predicted molar refractivity (Wildman–Crippen MR) is 68.4 cm³/mol. The highest BCUT2D eigenvalue weighted by atomic mass is 35.5. The van der Waals surface area contributed by atoms with Gasteiger partial charge in [0.1, 0.15) is 0 Å². The van der Waals surface area contributed by atoms with Crippen molar-refractivity contribution >= 4 is 23.2 Å². The molecule has 17 heavy (non-hydrogen) atoms. The van der Waals surface area contributed by atoms with Gasteiger partial charge in [-0.2, -0.15) is 0 Å². The number of halogens is 1. The second-order valence-electron chi connectivity index (χ2n) is 4.47. The topological polar surface area (TPSA) is 49.3 Å². The Morgan fingerprint density at radius 1 is 1.53 bits per heavy atom. The minimum Gasteiger partial charge on any atom is -0.388 e. The lowest BCUT2D eigenvalue weighted by molar-refractivity contribution is -0.116. The van der Waals surface area contributed by atoms with Gasteiger partial charge in [-0.25, -0.2) is 0 Å². The number of carbonyl (C=O) groups excluding carboxylic acids is 1. The molecule has 1 aliphatic rings. The molecular formula is C13H16ClNO2. The Hall–Kier alpha value is -1.06. The molecule has 2 rings (SSSR count). The zero-order valence-electron chi connectivity index (χ0n) is 9.96. The van der Waals surface area contributed by atoms with Gasteiger partial charge in [0, 0.05) is 10.6 Å². The van der Waals surface area contributed by atoms with Crippen LogP contribution in [0, 0.1) is 0 Å². The first kappa shape index (κ1) is 12.4. The lowest BCUT2D eigenvalue weighted by Gasteiger charge is -2.15. The summed E-state index contributed by atoms with van der Waals surface area (Å²) < 4.78 is 0. The molecule has 2 N–H and O–H groups in total. The summed E-state index contributed by atoms with van der Waals surface area (Å²) >= 11 is 6.04. The van der Waals surface area contributed by atoms with Crippen LogP contribution in [0.3, 0.4) is 0 Å². The molecule has 2 atom stereocenters. The van der Waals surface area contributed by atoms with Gasteiger partial charge < -0.3 is 10.4 Å². The van der Waals surface area contributed by atoms with E-state index >= 15 is 0 Å². The molecule has 2 unspecified atom stereocenters. The number of hydrogen-bond acceptors (Lipinski definition) is 2. The summed E-state index contributed by atoms with van der Waals surface area (Å²) in [6, 6.07) is 3.53. The lowest BCUT2D eigenvalue weighted by atomic mass is 9.96. The number of nitrogens with one attached hydrogen (secondary N) is 1. The van der Waals surface area contributed by atoms with Crippen molar-refractivity contribution in [3.63, 3.8) is 0 Å². The first-order valence-electron chi connectivity index (χ1n) is 5.86. The van der Waals surface area contributed by atoms with E-state index in [2.05, 4.69) is 5.32 Å². The summed E-state index contributed by atoms with van der Waals surface area (Å²) in [7, 11) is 0. The van der Waals surface area contributed by atoms with E-state index in [1.807, 2.05) is 13.8 Å². The van der Waals surface area contributed by atoms with Gasteiger partial charge in [-0.05, 0) is 31.0 Å². The van der Waals surface area contributed by atoms with E-state index < -0.39 is 6.10 Å². The normalized spacial score (nSPS) is 20.0. The fraction of sp³-hybridized carbons (Fsp3) is 0.462. The zero-order valence-corrected chi connectivity index (χ0v) is 10.7. The number of anilines is 1.